The molecule has 2 heterocycles. The molecule has 0 radical (unpaired) electrons. The summed E-state index contributed by atoms with van der Waals surface area (Å²) in [7, 11) is 0. The third-order valence-electron chi connectivity index (χ3n) is 7.25. The number of aryl methyl sites for hydroxylation is 1. The van der Waals surface area contributed by atoms with Gasteiger partial charge < -0.3 is 9.42 Å². The van der Waals surface area contributed by atoms with Crippen LogP contribution in [-0.2, 0) is 10.3 Å². The highest BCUT2D eigenvalue weighted by molar-refractivity contribution is 5.78. The minimum absolute atomic E-state index is 0.141. The zero-order valence-electron chi connectivity index (χ0n) is 19.8. The molecule has 2 aromatic carbocycles. The van der Waals surface area contributed by atoms with Crippen molar-refractivity contribution in [3.8, 4) is 0 Å². The summed E-state index contributed by atoms with van der Waals surface area (Å²) >= 11 is 0. The second kappa shape index (κ2) is 10.1. The minimum Gasteiger partial charge on any atom is -0.340 e. The van der Waals surface area contributed by atoms with E-state index in [2.05, 4.69) is 81.0 Å². The third-order valence-corrected chi connectivity index (χ3v) is 7.25. The standard InChI is InChI=1S/C27H33N5O2/c1-21-29-26(30-34-21)27(14-8-9-15-27)28-20-24(33)31-16-18-32(19-17-31)25(22-10-4-2-5-11-22)23-12-6-3-7-13-23/h2-7,10-13,25,28H,8-9,14-20H2,1H3. The van der Waals surface area contributed by atoms with Crippen molar-refractivity contribution in [3.05, 3.63) is 83.5 Å². The van der Waals surface area contributed by atoms with Gasteiger partial charge in [-0.15, -0.1) is 0 Å². The first kappa shape index (κ1) is 22.7. The first-order chi connectivity index (χ1) is 16.6. The summed E-state index contributed by atoms with van der Waals surface area (Å²) in [6, 6.07) is 21.5. The van der Waals surface area contributed by atoms with E-state index in [0.717, 1.165) is 51.9 Å². The molecular weight excluding hydrogens is 426 g/mol. The molecule has 1 aliphatic heterocycles. The SMILES string of the molecule is Cc1nc(C2(NCC(=O)N3CCN(C(c4ccccc4)c4ccccc4)CC3)CCCC2)no1. The summed E-state index contributed by atoms with van der Waals surface area (Å²) in [6.07, 6.45) is 4.08. The molecule has 1 amide bonds. The molecule has 7 heteroatoms. The molecule has 0 atom stereocenters. The lowest BCUT2D eigenvalue weighted by Crippen LogP contribution is -2.53. The van der Waals surface area contributed by atoms with Crippen molar-refractivity contribution in [1.29, 1.82) is 0 Å². The predicted molar refractivity (Wildman–Crippen MR) is 130 cm³/mol. The Labute approximate surface area is 201 Å². The maximum atomic E-state index is 13.1. The van der Waals surface area contributed by atoms with E-state index in [1.54, 1.807) is 0 Å². The number of nitrogens with one attached hydrogen (secondary N) is 1. The monoisotopic (exact) mass is 459 g/mol. The number of benzene rings is 2. The van der Waals surface area contributed by atoms with Gasteiger partial charge in [-0.2, -0.15) is 4.98 Å². The second-order valence-corrected chi connectivity index (χ2v) is 9.42. The Morgan fingerprint density at radius 1 is 0.971 bits per heavy atom. The largest absolute Gasteiger partial charge is 0.340 e. The van der Waals surface area contributed by atoms with Crippen molar-refractivity contribution in [2.45, 2.75) is 44.2 Å². The Kier molecular flexibility index (Phi) is 6.74. The fourth-order valence-corrected chi connectivity index (χ4v) is 5.42. The van der Waals surface area contributed by atoms with Crippen molar-refractivity contribution < 1.29 is 9.32 Å². The Hall–Kier alpha value is -3.03. The number of carbonyl (C=O) groups excluding carboxylic acids is 1. The number of rotatable bonds is 7. The maximum absolute atomic E-state index is 13.1. The van der Waals surface area contributed by atoms with Crippen LogP contribution in [0.25, 0.3) is 0 Å². The maximum Gasteiger partial charge on any atom is 0.236 e. The van der Waals surface area contributed by atoms with Crippen LogP contribution in [0.2, 0.25) is 0 Å². The summed E-state index contributed by atoms with van der Waals surface area (Å²) in [4.78, 5) is 22.1. The van der Waals surface area contributed by atoms with Crippen molar-refractivity contribution in [2.75, 3.05) is 32.7 Å². The molecule has 1 aliphatic carbocycles. The van der Waals surface area contributed by atoms with Gasteiger partial charge in [0.25, 0.3) is 0 Å². The number of hydrogen-bond acceptors (Lipinski definition) is 6. The van der Waals surface area contributed by atoms with Gasteiger partial charge in [0.2, 0.25) is 11.8 Å². The van der Waals surface area contributed by atoms with E-state index in [-0.39, 0.29) is 17.5 Å². The van der Waals surface area contributed by atoms with E-state index in [1.807, 2.05) is 11.8 Å². The smallest absolute Gasteiger partial charge is 0.236 e. The van der Waals surface area contributed by atoms with Crippen molar-refractivity contribution >= 4 is 5.91 Å². The van der Waals surface area contributed by atoms with Crippen LogP contribution in [0.15, 0.2) is 65.2 Å². The topological polar surface area (TPSA) is 74.5 Å². The average Bonchev–Trinajstić information content (AvgIpc) is 3.55. The Morgan fingerprint density at radius 2 is 1.56 bits per heavy atom. The van der Waals surface area contributed by atoms with Crippen LogP contribution < -0.4 is 5.32 Å². The van der Waals surface area contributed by atoms with Crippen molar-refractivity contribution in [2.24, 2.45) is 0 Å². The summed E-state index contributed by atoms with van der Waals surface area (Å²) in [6.45, 7) is 5.25. The van der Waals surface area contributed by atoms with E-state index in [1.165, 1.54) is 11.1 Å². The number of piperazine rings is 1. The van der Waals surface area contributed by atoms with Gasteiger partial charge in [0.15, 0.2) is 5.82 Å². The van der Waals surface area contributed by atoms with Crippen LogP contribution in [-0.4, -0.2) is 58.6 Å². The quantitative estimate of drug-likeness (QED) is 0.581. The highest BCUT2D eigenvalue weighted by Crippen LogP contribution is 2.37. The van der Waals surface area contributed by atoms with E-state index in [4.69, 9.17) is 4.52 Å². The Bertz CT molecular complexity index is 1030. The summed E-state index contributed by atoms with van der Waals surface area (Å²) in [5.41, 5.74) is 2.23. The molecule has 7 nitrogen and oxygen atoms in total. The lowest BCUT2D eigenvalue weighted by Gasteiger charge is -2.40. The Balaban J connectivity index is 1.22. The van der Waals surface area contributed by atoms with E-state index in [0.29, 0.717) is 18.3 Å². The fraction of sp³-hybridized carbons (Fsp3) is 0.444. The van der Waals surface area contributed by atoms with Crippen LogP contribution >= 0.6 is 0 Å². The zero-order valence-corrected chi connectivity index (χ0v) is 19.8. The fourth-order valence-electron chi connectivity index (χ4n) is 5.42. The molecule has 2 aliphatic rings. The number of amides is 1. The van der Waals surface area contributed by atoms with Crippen LogP contribution in [0.4, 0.5) is 0 Å². The normalized spacial score (nSPS) is 18.5. The first-order valence-corrected chi connectivity index (χ1v) is 12.3. The third kappa shape index (κ3) is 4.76. The number of aromatic nitrogens is 2. The molecular formula is C27H33N5O2. The molecule has 1 N–H and O–H groups in total. The highest BCUT2D eigenvalue weighted by atomic mass is 16.5. The molecule has 2 fully saturated rings. The van der Waals surface area contributed by atoms with Gasteiger partial charge in [-0.3, -0.25) is 15.0 Å². The first-order valence-electron chi connectivity index (χ1n) is 12.3. The molecule has 0 bridgehead atoms. The van der Waals surface area contributed by atoms with Gasteiger partial charge in [-0.25, -0.2) is 0 Å². The molecule has 1 saturated heterocycles. The van der Waals surface area contributed by atoms with Gasteiger partial charge in [-0.1, -0.05) is 78.7 Å². The number of hydrogen-bond donors (Lipinski definition) is 1. The number of carbonyl (C=O) groups is 1. The summed E-state index contributed by atoms with van der Waals surface area (Å²) in [5, 5.41) is 7.68. The van der Waals surface area contributed by atoms with Crippen molar-refractivity contribution in [3.63, 3.8) is 0 Å². The van der Waals surface area contributed by atoms with Crippen LogP contribution in [0.5, 0.6) is 0 Å². The van der Waals surface area contributed by atoms with Crippen LogP contribution in [0.3, 0.4) is 0 Å². The highest BCUT2D eigenvalue weighted by Gasteiger charge is 2.40. The van der Waals surface area contributed by atoms with Crippen LogP contribution in [0.1, 0.15) is 54.6 Å². The molecule has 5 rings (SSSR count). The average molecular weight is 460 g/mol. The molecule has 3 aromatic rings. The van der Waals surface area contributed by atoms with Gasteiger partial charge in [0.05, 0.1) is 18.1 Å². The predicted octanol–water partition coefficient (Wildman–Crippen LogP) is 3.67. The van der Waals surface area contributed by atoms with Gasteiger partial charge in [-0.05, 0) is 24.0 Å². The molecule has 0 spiro atoms. The second-order valence-electron chi connectivity index (χ2n) is 9.42. The minimum atomic E-state index is -0.346. The lowest BCUT2D eigenvalue weighted by molar-refractivity contribution is -0.132. The summed E-state index contributed by atoms with van der Waals surface area (Å²) < 4.78 is 5.23. The molecule has 0 unspecified atom stereocenters. The molecule has 1 saturated carbocycles. The number of nitrogens with zero attached hydrogens (tertiary/aromatic N) is 4. The zero-order chi connectivity index (χ0) is 23.4. The molecule has 178 valence electrons. The molecule has 1 aromatic heterocycles. The van der Waals surface area contributed by atoms with Gasteiger partial charge >= 0.3 is 0 Å². The van der Waals surface area contributed by atoms with Gasteiger partial charge in [0.1, 0.15) is 0 Å². The summed E-state index contributed by atoms with van der Waals surface area (Å²) in [5.74, 6) is 1.40. The molecule has 34 heavy (non-hydrogen) atoms. The van der Waals surface area contributed by atoms with Crippen LogP contribution in [0, 0.1) is 6.92 Å². The van der Waals surface area contributed by atoms with E-state index in [9.17, 15) is 4.79 Å². The van der Waals surface area contributed by atoms with E-state index >= 15 is 0 Å². The Morgan fingerprint density at radius 3 is 2.09 bits per heavy atom. The van der Waals surface area contributed by atoms with Gasteiger partial charge in [0, 0.05) is 33.1 Å². The van der Waals surface area contributed by atoms with E-state index < -0.39 is 0 Å². The van der Waals surface area contributed by atoms with Crippen molar-refractivity contribution in [1.82, 2.24) is 25.3 Å². The lowest BCUT2D eigenvalue weighted by atomic mass is 9.96.